The first-order valence-electron chi connectivity index (χ1n) is 7.14. The van der Waals surface area contributed by atoms with Crippen LogP contribution in [0.2, 0.25) is 0 Å². The Hall–Kier alpha value is -0.570. The molecule has 3 nitrogen and oxygen atoms in total. The third-order valence-corrected chi connectivity index (χ3v) is 4.56. The Morgan fingerprint density at radius 2 is 1.41 bits per heavy atom. The summed E-state index contributed by atoms with van der Waals surface area (Å²) in [5.74, 6) is 0.213. The van der Waals surface area contributed by atoms with Crippen LogP contribution in [0.25, 0.3) is 0 Å². The van der Waals surface area contributed by atoms with Gasteiger partial charge in [-0.25, -0.2) is 0 Å². The summed E-state index contributed by atoms with van der Waals surface area (Å²) in [5, 5.41) is 12.7. The summed E-state index contributed by atoms with van der Waals surface area (Å²) >= 11 is 0. The zero-order chi connectivity index (χ0) is 12.3. The fourth-order valence-corrected chi connectivity index (χ4v) is 3.27. The quantitative estimate of drug-likeness (QED) is 0.796. The number of aliphatic carboxylic acids is 1. The number of carboxylic acid groups (broad SMARTS) is 1. The Balaban J connectivity index is 1.69. The Morgan fingerprint density at radius 3 is 1.88 bits per heavy atom. The van der Waals surface area contributed by atoms with E-state index < -0.39 is 5.97 Å². The molecule has 2 aliphatic carbocycles. The highest BCUT2D eigenvalue weighted by Gasteiger charge is 2.28. The van der Waals surface area contributed by atoms with Crippen LogP contribution in [0.1, 0.15) is 58.3 Å². The maximum absolute atomic E-state index is 10.9. The summed E-state index contributed by atoms with van der Waals surface area (Å²) in [5.41, 5.74) is 0. The molecule has 0 aliphatic heterocycles. The summed E-state index contributed by atoms with van der Waals surface area (Å²) < 4.78 is 0. The van der Waals surface area contributed by atoms with Gasteiger partial charge in [0.05, 0.1) is 5.92 Å². The molecular weight excluding hydrogens is 214 g/mol. The molecule has 0 saturated heterocycles. The van der Waals surface area contributed by atoms with E-state index in [9.17, 15) is 4.79 Å². The largest absolute Gasteiger partial charge is 0.481 e. The standard InChI is InChI=1S/C14H25NO2/c1-10-2-6-12(7-3-10)15-13-8-4-11(5-9-13)14(16)17/h10-13,15H,2-9H2,1H3,(H,16,17). The van der Waals surface area contributed by atoms with E-state index in [1.54, 1.807) is 0 Å². The van der Waals surface area contributed by atoms with Gasteiger partial charge in [0.25, 0.3) is 0 Å². The van der Waals surface area contributed by atoms with Crippen molar-refractivity contribution in [1.29, 1.82) is 0 Å². The van der Waals surface area contributed by atoms with Gasteiger partial charge in [-0.2, -0.15) is 0 Å². The molecule has 0 aromatic heterocycles. The van der Waals surface area contributed by atoms with Crippen LogP contribution in [0.3, 0.4) is 0 Å². The van der Waals surface area contributed by atoms with E-state index in [0.29, 0.717) is 12.1 Å². The molecule has 2 rings (SSSR count). The number of rotatable bonds is 3. The van der Waals surface area contributed by atoms with Gasteiger partial charge in [-0.1, -0.05) is 6.92 Å². The molecule has 98 valence electrons. The molecule has 0 amide bonds. The second-order valence-electron chi connectivity index (χ2n) is 6.01. The fourth-order valence-electron chi connectivity index (χ4n) is 3.27. The first-order valence-corrected chi connectivity index (χ1v) is 7.14. The molecular formula is C14H25NO2. The molecule has 2 aliphatic rings. The average Bonchev–Trinajstić information content (AvgIpc) is 2.33. The van der Waals surface area contributed by atoms with Gasteiger partial charge in [-0.05, 0) is 57.3 Å². The van der Waals surface area contributed by atoms with Crippen molar-refractivity contribution in [1.82, 2.24) is 5.32 Å². The number of carboxylic acids is 1. The number of hydrogen-bond acceptors (Lipinski definition) is 2. The predicted molar refractivity (Wildman–Crippen MR) is 67.9 cm³/mol. The SMILES string of the molecule is CC1CCC(NC2CCC(C(=O)O)CC2)CC1. The minimum Gasteiger partial charge on any atom is -0.481 e. The van der Waals surface area contributed by atoms with Crippen LogP contribution in [-0.2, 0) is 4.79 Å². The van der Waals surface area contributed by atoms with Gasteiger partial charge < -0.3 is 10.4 Å². The van der Waals surface area contributed by atoms with Crippen molar-refractivity contribution in [2.24, 2.45) is 11.8 Å². The topological polar surface area (TPSA) is 49.3 Å². The lowest BCUT2D eigenvalue weighted by Crippen LogP contribution is -2.42. The third-order valence-electron chi connectivity index (χ3n) is 4.56. The number of carbonyl (C=O) groups is 1. The van der Waals surface area contributed by atoms with Crippen molar-refractivity contribution in [2.75, 3.05) is 0 Å². The summed E-state index contributed by atoms with van der Waals surface area (Å²) in [6.07, 6.45) is 9.11. The summed E-state index contributed by atoms with van der Waals surface area (Å²) in [6.45, 7) is 2.34. The minimum absolute atomic E-state index is 0.0839. The van der Waals surface area contributed by atoms with Crippen molar-refractivity contribution in [3.05, 3.63) is 0 Å². The van der Waals surface area contributed by atoms with E-state index in [0.717, 1.165) is 31.6 Å². The second-order valence-corrected chi connectivity index (χ2v) is 6.01. The van der Waals surface area contributed by atoms with Crippen LogP contribution < -0.4 is 5.32 Å². The second kappa shape index (κ2) is 5.85. The normalized spacial score (nSPS) is 38.9. The Kier molecular flexibility index (Phi) is 4.43. The molecule has 0 radical (unpaired) electrons. The molecule has 2 fully saturated rings. The summed E-state index contributed by atoms with van der Waals surface area (Å²) in [6, 6.07) is 1.27. The van der Waals surface area contributed by atoms with Gasteiger partial charge in [0.15, 0.2) is 0 Å². The highest BCUT2D eigenvalue weighted by atomic mass is 16.4. The van der Waals surface area contributed by atoms with Gasteiger partial charge in [-0.15, -0.1) is 0 Å². The van der Waals surface area contributed by atoms with Crippen molar-refractivity contribution < 1.29 is 9.90 Å². The predicted octanol–water partition coefficient (Wildman–Crippen LogP) is 2.80. The van der Waals surface area contributed by atoms with E-state index >= 15 is 0 Å². The van der Waals surface area contributed by atoms with Crippen LogP contribution in [0.5, 0.6) is 0 Å². The van der Waals surface area contributed by atoms with Gasteiger partial charge in [-0.3, -0.25) is 4.79 Å². The van der Waals surface area contributed by atoms with Crippen molar-refractivity contribution in [2.45, 2.75) is 70.4 Å². The average molecular weight is 239 g/mol. The first kappa shape index (κ1) is 12.9. The van der Waals surface area contributed by atoms with Crippen LogP contribution in [0, 0.1) is 11.8 Å². The molecule has 0 spiro atoms. The lowest BCUT2D eigenvalue weighted by atomic mass is 9.83. The number of hydrogen-bond donors (Lipinski definition) is 2. The maximum Gasteiger partial charge on any atom is 0.306 e. The van der Waals surface area contributed by atoms with E-state index in [1.807, 2.05) is 0 Å². The van der Waals surface area contributed by atoms with E-state index in [1.165, 1.54) is 25.7 Å². The molecule has 3 heteroatoms. The van der Waals surface area contributed by atoms with Crippen LogP contribution in [0.4, 0.5) is 0 Å². The molecule has 0 atom stereocenters. The van der Waals surface area contributed by atoms with Crippen molar-refractivity contribution in [3.63, 3.8) is 0 Å². The Morgan fingerprint density at radius 1 is 0.941 bits per heavy atom. The van der Waals surface area contributed by atoms with E-state index in [4.69, 9.17) is 5.11 Å². The fraction of sp³-hybridized carbons (Fsp3) is 0.929. The smallest absolute Gasteiger partial charge is 0.306 e. The third kappa shape index (κ3) is 3.70. The van der Waals surface area contributed by atoms with Gasteiger partial charge in [0, 0.05) is 12.1 Å². The maximum atomic E-state index is 10.9. The molecule has 2 saturated carbocycles. The Bertz CT molecular complexity index is 251. The van der Waals surface area contributed by atoms with Crippen LogP contribution in [0.15, 0.2) is 0 Å². The highest BCUT2D eigenvalue weighted by Crippen LogP contribution is 2.28. The Labute approximate surface area is 104 Å². The molecule has 0 unspecified atom stereocenters. The van der Waals surface area contributed by atoms with Crippen LogP contribution in [-0.4, -0.2) is 23.2 Å². The molecule has 0 aromatic rings. The van der Waals surface area contributed by atoms with Gasteiger partial charge >= 0.3 is 5.97 Å². The van der Waals surface area contributed by atoms with Crippen molar-refractivity contribution >= 4 is 5.97 Å². The zero-order valence-electron chi connectivity index (χ0n) is 10.8. The minimum atomic E-state index is -0.602. The summed E-state index contributed by atoms with van der Waals surface area (Å²) in [7, 11) is 0. The monoisotopic (exact) mass is 239 g/mol. The molecule has 0 heterocycles. The molecule has 0 bridgehead atoms. The first-order chi connectivity index (χ1) is 8.15. The molecule has 17 heavy (non-hydrogen) atoms. The van der Waals surface area contributed by atoms with E-state index in [-0.39, 0.29) is 5.92 Å². The zero-order valence-corrected chi connectivity index (χ0v) is 10.8. The molecule has 2 N–H and O–H groups in total. The summed E-state index contributed by atoms with van der Waals surface area (Å²) in [4.78, 5) is 10.9. The lowest BCUT2D eigenvalue weighted by Gasteiger charge is -2.34. The highest BCUT2D eigenvalue weighted by molar-refractivity contribution is 5.70. The van der Waals surface area contributed by atoms with Gasteiger partial charge in [0.2, 0.25) is 0 Å². The van der Waals surface area contributed by atoms with Gasteiger partial charge in [0.1, 0.15) is 0 Å². The van der Waals surface area contributed by atoms with Crippen LogP contribution >= 0.6 is 0 Å². The molecule has 0 aromatic carbocycles. The van der Waals surface area contributed by atoms with Crippen molar-refractivity contribution in [3.8, 4) is 0 Å². The van der Waals surface area contributed by atoms with E-state index in [2.05, 4.69) is 12.2 Å². The lowest BCUT2D eigenvalue weighted by molar-refractivity contribution is -0.142. The number of nitrogens with one attached hydrogen (secondary N) is 1.